The Morgan fingerprint density at radius 3 is 2.29 bits per heavy atom. The van der Waals surface area contributed by atoms with Gasteiger partial charge in [-0.2, -0.15) is 0 Å². The normalized spacial score (nSPS) is 18.2. The second-order valence-electron chi connectivity index (χ2n) is 4.07. The van der Waals surface area contributed by atoms with Crippen molar-refractivity contribution >= 4 is 22.9 Å². The van der Waals surface area contributed by atoms with Crippen molar-refractivity contribution in [1.82, 2.24) is 0 Å². The van der Waals surface area contributed by atoms with E-state index in [1.807, 2.05) is 0 Å². The van der Waals surface area contributed by atoms with Gasteiger partial charge in [-0.15, -0.1) is 0 Å². The van der Waals surface area contributed by atoms with E-state index in [2.05, 4.69) is 0 Å². The van der Waals surface area contributed by atoms with Gasteiger partial charge in [0.25, 0.3) is 0 Å². The van der Waals surface area contributed by atoms with Crippen molar-refractivity contribution in [2.75, 3.05) is 0 Å². The van der Waals surface area contributed by atoms with E-state index in [0.717, 1.165) is 0 Å². The Kier molecular flexibility index (Phi) is 1.95. The number of carbonyl (C=O) groups excluding carboxylic acids is 3. The third-order valence-electron chi connectivity index (χ3n) is 3.06. The molecule has 0 atom stereocenters. The Bertz CT molecular complexity index is 633. The Morgan fingerprint density at radius 1 is 0.824 bits per heavy atom. The van der Waals surface area contributed by atoms with Gasteiger partial charge in [-0.3, -0.25) is 14.4 Å². The summed E-state index contributed by atoms with van der Waals surface area (Å²) in [6, 6.07) is 6.93. The van der Waals surface area contributed by atoms with Crippen molar-refractivity contribution in [2.24, 2.45) is 0 Å². The molecule has 0 radical (unpaired) electrons. The second kappa shape index (κ2) is 3.35. The van der Waals surface area contributed by atoms with Crippen LogP contribution in [0.3, 0.4) is 0 Å². The maximum atomic E-state index is 11.9. The summed E-state index contributed by atoms with van der Waals surface area (Å²) in [4.78, 5) is 35.1. The molecule has 0 unspecified atom stereocenters. The van der Waals surface area contributed by atoms with Gasteiger partial charge in [0.1, 0.15) is 0 Å². The van der Waals surface area contributed by atoms with Crippen molar-refractivity contribution in [3.8, 4) is 0 Å². The molecular weight excluding hydrogens is 216 g/mol. The molecule has 3 nitrogen and oxygen atoms in total. The molecule has 1 aromatic carbocycles. The van der Waals surface area contributed by atoms with Gasteiger partial charge in [0.15, 0.2) is 5.78 Å². The van der Waals surface area contributed by atoms with Crippen molar-refractivity contribution in [1.29, 1.82) is 0 Å². The molecule has 17 heavy (non-hydrogen) atoms. The molecule has 82 valence electrons. The van der Waals surface area contributed by atoms with Crippen LogP contribution in [0.4, 0.5) is 0 Å². The van der Waals surface area contributed by atoms with Crippen LogP contribution in [0.2, 0.25) is 0 Å². The molecule has 0 saturated carbocycles. The van der Waals surface area contributed by atoms with Crippen LogP contribution in [-0.4, -0.2) is 17.3 Å². The number of carbonyl (C=O) groups is 3. The molecule has 2 aliphatic carbocycles. The quantitative estimate of drug-likeness (QED) is 0.630. The first kappa shape index (κ1) is 9.90. The lowest BCUT2D eigenvalue weighted by Gasteiger charge is -2.21. The summed E-state index contributed by atoms with van der Waals surface area (Å²) in [5.41, 5.74) is 2.16. The van der Waals surface area contributed by atoms with E-state index in [9.17, 15) is 14.4 Å². The van der Waals surface area contributed by atoms with Gasteiger partial charge in [-0.1, -0.05) is 24.3 Å². The van der Waals surface area contributed by atoms with E-state index in [-0.39, 0.29) is 12.2 Å². The van der Waals surface area contributed by atoms with Crippen LogP contribution in [0.5, 0.6) is 0 Å². The number of fused-ring (bicyclic) bond motifs is 2. The minimum absolute atomic E-state index is 0.0410. The molecule has 0 aliphatic heterocycles. The number of benzene rings is 1. The molecule has 2 aliphatic rings. The van der Waals surface area contributed by atoms with Crippen molar-refractivity contribution in [3.05, 3.63) is 53.1 Å². The highest BCUT2D eigenvalue weighted by Gasteiger charge is 2.32. The van der Waals surface area contributed by atoms with E-state index >= 15 is 0 Å². The zero-order valence-corrected chi connectivity index (χ0v) is 8.90. The maximum absolute atomic E-state index is 11.9. The molecule has 0 saturated heterocycles. The molecule has 0 spiro atoms. The molecule has 0 fully saturated rings. The first-order chi connectivity index (χ1) is 8.18. The highest BCUT2D eigenvalue weighted by molar-refractivity contribution is 6.53. The van der Waals surface area contributed by atoms with Crippen LogP contribution in [0.25, 0.3) is 5.57 Å². The predicted molar refractivity (Wildman–Crippen MR) is 61.5 cm³/mol. The molecule has 1 aromatic rings. The Morgan fingerprint density at radius 2 is 1.53 bits per heavy atom. The second-order valence-corrected chi connectivity index (χ2v) is 4.07. The fourth-order valence-electron chi connectivity index (χ4n) is 2.25. The molecule has 0 heterocycles. The number of Topliss-reactive ketones (excluding diaryl/α,β-unsaturated/α-hetero) is 2. The molecule has 0 aromatic heterocycles. The van der Waals surface area contributed by atoms with Crippen LogP contribution in [0.1, 0.15) is 22.3 Å². The topological polar surface area (TPSA) is 51.2 Å². The Labute approximate surface area is 97.4 Å². The zero-order valence-electron chi connectivity index (χ0n) is 8.90. The van der Waals surface area contributed by atoms with Gasteiger partial charge in [-0.05, 0) is 23.3 Å². The van der Waals surface area contributed by atoms with Gasteiger partial charge in [0.2, 0.25) is 11.6 Å². The zero-order chi connectivity index (χ0) is 12.0. The molecule has 3 rings (SSSR count). The van der Waals surface area contributed by atoms with Crippen molar-refractivity contribution in [2.45, 2.75) is 6.42 Å². The summed E-state index contributed by atoms with van der Waals surface area (Å²) in [6.07, 6.45) is 3.01. The van der Waals surface area contributed by atoms with E-state index in [1.54, 1.807) is 24.3 Å². The molecule has 0 N–H and O–H groups in total. The highest BCUT2D eigenvalue weighted by atomic mass is 16.2. The van der Waals surface area contributed by atoms with Crippen molar-refractivity contribution < 1.29 is 14.4 Å². The molecular formula is C14H8O3. The van der Waals surface area contributed by atoms with Gasteiger partial charge >= 0.3 is 0 Å². The number of hydrogen-bond donors (Lipinski definition) is 0. The summed E-state index contributed by atoms with van der Waals surface area (Å²) in [5, 5.41) is 0. The highest BCUT2D eigenvalue weighted by Crippen LogP contribution is 2.34. The number of ketones is 3. The Hall–Kier alpha value is -2.29. The average molecular weight is 224 g/mol. The fourth-order valence-corrected chi connectivity index (χ4v) is 2.25. The van der Waals surface area contributed by atoms with E-state index in [4.69, 9.17) is 0 Å². The smallest absolute Gasteiger partial charge is 0.234 e. The predicted octanol–water partition coefficient (Wildman–Crippen LogP) is 1.73. The lowest BCUT2D eigenvalue weighted by atomic mass is 9.79. The van der Waals surface area contributed by atoms with Gasteiger partial charge < -0.3 is 0 Å². The minimum atomic E-state index is -0.512. The molecule has 0 bridgehead atoms. The van der Waals surface area contributed by atoms with Crippen LogP contribution < -0.4 is 0 Å². The summed E-state index contributed by atoms with van der Waals surface area (Å²) >= 11 is 0. The minimum Gasteiger partial charge on any atom is -0.294 e. The van der Waals surface area contributed by atoms with Gasteiger partial charge in [0, 0.05) is 17.6 Å². The van der Waals surface area contributed by atoms with Crippen molar-refractivity contribution in [3.63, 3.8) is 0 Å². The summed E-state index contributed by atoms with van der Waals surface area (Å²) in [7, 11) is 0. The van der Waals surface area contributed by atoms with Gasteiger partial charge in [0.05, 0.1) is 0 Å². The van der Waals surface area contributed by atoms with Gasteiger partial charge in [-0.25, -0.2) is 0 Å². The molecule has 0 amide bonds. The SMILES string of the molecule is O=C1C=CC2=C(C1)c1ccccc1C(=O)C2=O. The standard InChI is InChI=1S/C14H8O3/c15-8-5-6-11-12(7-8)9-3-1-2-4-10(9)13(16)14(11)17/h1-6H,7H2. The van der Waals surface area contributed by atoms with E-state index in [1.165, 1.54) is 12.2 Å². The van der Waals surface area contributed by atoms with Crippen LogP contribution in [0.15, 0.2) is 42.0 Å². The van der Waals surface area contributed by atoms with Crippen LogP contribution in [-0.2, 0) is 9.59 Å². The molecule has 3 heteroatoms. The first-order valence-electron chi connectivity index (χ1n) is 5.31. The Balaban J connectivity index is 2.32. The largest absolute Gasteiger partial charge is 0.294 e. The summed E-state index contributed by atoms with van der Waals surface area (Å²) in [6.45, 7) is 0. The monoisotopic (exact) mass is 224 g/mol. The lowest BCUT2D eigenvalue weighted by Crippen LogP contribution is -2.25. The first-order valence-corrected chi connectivity index (χ1v) is 5.31. The third kappa shape index (κ3) is 1.32. The summed E-state index contributed by atoms with van der Waals surface area (Å²) < 4.78 is 0. The third-order valence-corrected chi connectivity index (χ3v) is 3.06. The van der Waals surface area contributed by atoms with E-state index in [0.29, 0.717) is 22.3 Å². The van der Waals surface area contributed by atoms with Crippen LogP contribution >= 0.6 is 0 Å². The van der Waals surface area contributed by atoms with Crippen LogP contribution in [0, 0.1) is 0 Å². The maximum Gasteiger partial charge on any atom is 0.234 e. The van der Waals surface area contributed by atoms with E-state index < -0.39 is 11.6 Å². The number of hydrogen-bond acceptors (Lipinski definition) is 3. The lowest BCUT2D eigenvalue weighted by molar-refractivity contribution is -0.113. The number of allylic oxidation sites excluding steroid dienone is 4. The summed E-state index contributed by atoms with van der Waals surface area (Å²) in [5.74, 6) is -1.04. The fraction of sp³-hybridized carbons (Fsp3) is 0.0714. The average Bonchev–Trinajstić information content (AvgIpc) is 2.36. The number of rotatable bonds is 0.